The Balaban J connectivity index is 1.25. The van der Waals surface area contributed by atoms with E-state index in [0.29, 0.717) is 25.1 Å². The SMILES string of the molecule is O=C(NCCc1nc2ccccc2[nH]1)c1ccc(CNC(=O)C2CC2)cc1. The molecular formula is C21H22N4O2. The van der Waals surface area contributed by atoms with Crippen molar-refractivity contribution in [3.63, 3.8) is 0 Å². The number of aromatic amines is 1. The number of carbonyl (C=O) groups is 2. The van der Waals surface area contributed by atoms with E-state index in [1.54, 1.807) is 12.1 Å². The normalized spacial score (nSPS) is 13.5. The zero-order valence-corrected chi connectivity index (χ0v) is 15.0. The van der Waals surface area contributed by atoms with Crippen LogP contribution in [0.2, 0.25) is 0 Å². The summed E-state index contributed by atoms with van der Waals surface area (Å²) in [7, 11) is 0. The Labute approximate surface area is 157 Å². The molecule has 27 heavy (non-hydrogen) atoms. The first-order chi connectivity index (χ1) is 13.2. The second-order valence-electron chi connectivity index (χ2n) is 6.90. The zero-order chi connectivity index (χ0) is 18.6. The third kappa shape index (κ3) is 4.34. The number of benzene rings is 2. The molecule has 0 atom stereocenters. The molecule has 138 valence electrons. The van der Waals surface area contributed by atoms with Gasteiger partial charge in [0.15, 0.2) is 0 Å². The summed E-state index contributed by atoms with van der Waals surface area (Å²) < 4.78 is 0. The Bertz CT molecular complexity index is 925. The van der Waals surface area contributed by atoms with E-state index >= 15 is 0 Å². The summed E-state index contributed by atoms with van der Waals surface area (Å²) in [5, 5.41) is 5.84. The summed E-state index contributed by atoms with van der Waals surface area (Å²) in [5.41, 5.74) is 3.53. The highest BCUT2D eigenvalue weighted by molar-refractivity contribution is 5.94. The summed E-state index contributed by atoms with van der Waals surface area (Å²) in [5.74, 6) is 1.09. The van der Waals surface area contributed by atoms with Gasteiger partial charge in [0, 0.05) is 31.0 Å². The molecule has 0 unspecified atom stereocenters. The summed E-state index contributed by atoms with van der Waals surface area (Å²) in [6.45, 7) is 1.02. The van der Waals surface area contributed by atoms with E-state index in [4.69, 9.17) is 0 Å². The molecule has 6 heteroatoms. The van der Waals surface area contributed by atoms with Gasteiger partial charge >= 0.3 is 0 Å². The number of fused-ring (bicyclic) bond motifs is 1. The number of nitrogens with one attached hydrogen (secondary N) is 3. The van der Waals surface area contributed by atoms with Crippen LogP contribution in [0.3, 0.4) is 0 Å². The van der Waals surface area contributed by atoms with Crippen LogP contribution in [0.25, 0.3) is 11.0 Å². The van der Waals surface area contributed by atoms with Gasteiger partial charge in [-0.1, -0.05) is 24.3 Å². The molecule has 4 rings (SSSR count). The summed E-state index contributed by atoms with van der Waals surface area (Å²) in [6, 6.07) is 15.2. The highest BCUT2D eigenvalue weighted by atomic mass is 16.2. The van der Waals surface area contributed by atoms with E-state index in [1.165, 1.54) is 0 Å². The maximum atomic E-state index is 12.3. The van der Waals surface area contributed by atoms with Crippen LogP contribution in [0.15, 0.2) is 48.5 Å². The number of para-hydroxylation sites is 2. The van der Waals surface area contributed by atoms with Crippen molar-refractivity contribution in [1.82, 2.24) is 20.6 Å². The molecule has 1 aromatic heterocycles. The topological polar surface area (TPSA) is 86.9 Å². The molecule has 1 heterocycles. The number of aromatic nitrogens is 2. The lowest BCUT2D eigenvalue weighted by Crippen LogP contribution is -2.26. The van der Waals surface area contributed by atoms with Crippen molar-refractivity contribution in [3.05, 3.63) is 65.5 Å². The molecule has 0 bridgehead atoms. The Morgan fingerprint density at radius 1 is 1.04 bits per heavy atom. The molecule has 2 aromatic carbocycles. The Hall–Kier alpha value is -3.15. The van der Waals surface area contributed by atoms with Crippen molar-refractivity contribution in [3.8, 4) is 0 Å². The molecule has 0 aliphatic heterocycles. The van der Waals surface area contributed by atoms with Crippen LogP contribution in [0, 0.1) is 5.92 Å². The van der Waals surface area contributed by atoms with E-state index in [1.807, 2.05) is 36.4 Å². The van der Waals surface area contributed by atoms with Crippen molar-refractivity contribution < 1.29 is 9.59 Å². The second-order valence-corrected chi connectivity index (χ2v) is 6.90. The first kappa shape index (κ1) is 17.3. The Morgan fingerprint density at radius 3 is 2.56 bits per heavy atom. The quantitative estimate of drug-likeness (QED) is 0.604. The third-order valence-electron chi connectivity index (χ3n) is 4.72. The number of carbonyl (C=O) groups excluding carboxylic acids is 2. The van der Waals surface area contributed by atoms with Gasteiger partial charge in [-0.25, -0.2) is 4.98 Å². The van der Waals surface area contributed by atoms with Gasteiger partial charge in [-0.05, 0) is 42.7 Å². The molecule has 6 nitrogen and oxygen atoms in total. The molecule has 1 aliphatic carbocycles. The van der Waals surface area contributed by atoms with Gasteiger partial charge in [0.2, 0.25) is 5.91 Å². The lowest BCUT2D eigenvalue weighted by Gasteiger charge is -2.07. The number of imidazole rings is 1. The number of hydrogen-bond acceptors (Lipinski definition) is 3. The van der Waals surface area contributed by atoms with Crippen LogP contribution in [0.1, 0.15) is 34.6 Å². The Kier molecular flexibility index (Phi) is 4.87. The standard InChI is InChI=1S/C21H22N4O2/c26-20(22-12-11-19-24-17-3-1-2-4-18(17)25-19)15-7-5-14(6-8-15)13-23-21(27)16-9-10-16/h1-8,16H,9-13H2,(H,22,26)(H,23,27)(H,24,25). The van der Waals surface area contributed by atoms with Gasteiger partial charge in [-0.15, -0.1) is 0 Å². The van der Waals surface area contributed by atoms with Crippen molar-refractivity contribution in [2.24, 2.45) is 5.92 Å². The number of rotatable bonds is 7. The third-order valence-corrected chi connectivity index (χ3v) is 4.72. The van der Waals surface area contributed by atoms with Gasteiger partial charge < -0.3 is 15.6 Å². The predicted octanol–water partition coefficient (Wildman–Crippen LogP) is 2.56. The molecule has 0 radical (unpaired) electrons. The molecule has 3 N–H and O–H groups in total. The molecule has 1 fully saturated rings. The van der Waals surface area contributed by atoms with Crippen molar-refractivity contribution >= 4 is 22.8 Å². The predicted molar refractivity (Wildman–Crippen MR) is 103 cm³/mol. The fourth-order valence-corrected chi connectivity index (χ4v) is 2.97. The number of nitrogens with zero attached hydrogens (tertiary/aromatic N) is 1. The van der Waals surface area contributed by atoms with Gasteiger partial charge in [-0.3, -0.25) is 9.59 Å². The number of hydrogen-bond donors (Lipinski definition) is 3. The van der Waals surface area contributed by atoms with Crippen molar-refractivity contribution in [2.75, 3.05) is 6.54 Å². The highest BCUT2D eigenvalue weighted by Crippen LogP contribution is 2.28. The van der Waals surface area contributed by atoms with Crippen LogP contribution >= 0.6 is 0 Å². The van der Waals surface area contributed by atoms with Crippen LogP contribution in [-0.4, -0.2) is 28.3 Å². The average molecular weight is 362 g/mol. The molecule has 0 saturated heterocycles. The van der Waals surface area contributed by atoms with Crippen LogP contribution in [0.4, 0.5) is 0 Å². The summed E-state index contributed by atoms with van der Waals surface area (Å²) in [4.78, 5) is 31.7. The molecule has 3 aromatic rings. The Morgan fingerprint density at radius 2 is 1.81 bits per heavy atom. The van der Waals surface area contributed by atoms with E-state index in [-0.39, 0.29) is 17.7 Å². The first-order valence-corrected chi connectivity index (χ1v) is 9.27. The highest BCUT2D eigenvalue weighted by Gasteiger charge is 2.29. The first-order valence-electron chi connectivity index (χ1n) is 9.27. The fraction of sp³-hybridized carbons (Fsp3) is 0.286. The minimum Gasteiger partial charge on any atom is -0.352 e. The van der Waals surface area contributed by atoms with E-state index in [9.17, 15) is 9.59 Å². The van der Waals surface area contributed by atoms with Crippen molar-refractivity contribution in [1.29, 1.82) is 0 Å². The van der Waals surface area contributed by atoms with E-state index in [0.717, 1.165) is 35.3 Å². The van der Waals surface area contributed by atoms with E-state index < -0.39 is 0 Å². The minimum absolute atomic E-state index is 0.111. The number of amides is 2. The monoisotopic (exact) mass is 362 g/mol. The lowest BCUT2D eigenvalue weighted by atomic mass is 10.1. The molecule has 2 amide bonds. The number of H-pyrrole nitrogens is 1. The van der Waals surface area contributed by atoms with Gasteiger partial charge in [0.25, 0.3) is 5.91 Å². The van der Waals surface area contributed by atoms with Gasteiger partial charge in [-0.2, -0.15) is 0 Å². The molecular weight excluding hydrogens is 340 g/mol. The van der Waals surface area contributed by atoms with E-state index in [2.05, 4.69) is 20.6 Å². The van der Waals surface area contributed by atoms with Crippen molar-refractivity contribution in [2.45, 2.75) is 25.8 Å². The minimum atomic E-state index is -0.111. The van der Waals surface area contributed by atoms with Crippen LogP contribution < -0.4 is 10.6 Å². The average Bonchev–Trinajstić information content (AvgIpc) is 3.46. The zero-order valence-electron chi connectivity index (χ0n) is 15.0. The maximum absolute atomic E-state index is 12.3. The molecule has 0 spiro atoms. The fourth-order valence-electron chi connectivity index (χ4n) is 2.97. The second kappa shape index (κ2) is 7.61. The molecule has 1 aliphatic rings. The van der Waals surface area contributed by atoms with Gasteiger partial charge in [0.05, 0.1) is 11.0 Å². The molecule has 1 saturated carbocycles. The van der Waals surface area contributed by atoms with Gasteiger partial charge in [0.1, 0.15) is 5.82 Å². The van der Waals surface area contributed by atoms with Crippen LogP contribution in [-0.2, 0) is 17.8 Å². The smallest absolute Gasteiger partial charge is 0.251 e. The largest absolute Gasteiger partial charge is 0.352 e. The van der Waals surface area contributed by atoms with Crippen LogP contribution in [0.5, 0.6) is 0 Å². The lowest BCUT2D eigenvalue weighted by molar-refractivity contribution is -0.122. The summed E-state index contributed by atoms with van der Waals surface area (Å²) >= 11 is 0. The summed E-state index contributed by atoms with van der Waals surface area (Å²) in [6.07, 6.45) is 2.64. The maximum Gasteiger partial charge on any atom is 0.251 e.